The van der Waals surface area contributed by atoms with Gasteiger partial charge in [-0.2, -0.15) is 5.10 Å². The lowest BCUT2D eigenvalue weighted by atomic mass is 9.65. The third kappa shape index (κ3) is 2.69. The Morgan fingerprint density at radius 2 is 1.56 bits per heavy atom. The summed E-state index contributed by atoms with van der Waals surface area (Å²) >= 11 is 0. The molecule has 0 saturated heterocycles. The molecule has 6 heteroatoms. The van der Waals surface area contributed by atoms with Gasteiger partial charge in [-0.15, -0.1) is 0 Å². The number of nitro groups is 1. The number of rotatable bonds is 4. The first-order valence-electron chi connectivity index (χ1n) is 8.03. The van der Waals surface area contributed by atoms with Crippen LogP contribution >= 0.6 is 0 Å². The van der Waals surface area contributed by atoms with E-state index in [1.807, 2.05) is 35.0 Å². The predicted molar refractivity (Wildman–Crippen MR) is 95.2 cm³/mol. The van der Waals surface area contributed by atoms with Crippen molar-refractivity contribution in [3.8, 4) is 0 Å². The van der Waals surface area contributed by atoms with Crippen molar-refractivity contribution in [2.24, 2.45) is 5.41 Å². The van der Waals surface area contributed by atoms with Crippen molar-refractivity contribution in [3.05, 3.63) is 88.5 Å². The number of nitro benzene ring substituents is 1. The molecule has 6 nitrogen and oxygen atoms in total. The van der Waals surface area contributed by atoms with Crippen LogP contribution in [0.25, 0.3) is 0 Å². The molecule has 0 aliphatic heterocycles. The second kappa shape index (κ2) is 6.12. The van der Waals surface area contributed by atoms with Crippen LogP contribution in [-0.2, 0) is 5.54 Å². The Balaban J connectivity index is 2.34. The van der Waals surface area contributed by atoms with E-state index in [1.165, 1.54) is 18.5 Å². The normalized spacial score (nSPS) is 14.0. The fourth-order valence-corrected chi connectivity index (χ4v) is 3.53. The molecule has 25 heavy (non-hydrogen) atoms. The van der Waals surface area contributed by atoms with E-state index in [1.54, 1.807) is 18.5 Å². The molecular weight excluding hydrogens is 316 g/mol. The lowest BCUT2D eigenvalue weighted by Crippen LogP contribution is -2.48. The van der Waals surface area contributed by atoms with E-state index in [9.17, 15) is 10.1 Å². The summed E-state index contributed by atoms with van der Waals surface area (Å²) in [4.78, 5) is 14.8. The molecule has 0 radical (unpaired) electrons. The van der Waals surface area contributed by atoms with Crippen LogP contribution in [0.1, 0.15) is 31.9 Å². The zero-order chi connectivity index (χ0) is 18.1. The van der Waals surface area contributed by atoms with Gasteiger partial charge in [-0.3, -0.25) is 10.1 Å². The van der Waals surface area contributed by atoms with Crippen LogP contribution in [0.3, 0.4) is 0 Å². The van der Waals surface area contributed by atoms with E-state index in [0.717, 1.165) is 11.1 Å². The molecule has 0 N–H and O–H groups in total. The van der Waals surface area contributed by atoms with Gasteiger partial charge in [0.25, 0.3) is 5.69 Å². The van der Waals surface area contributed by atoms with Gasteiger partial charge in [-0.05, 0) is 28.7 Å². The number of non-ortho nitro benzene ring substituents is 1. The highest BCUT2D eigenvalue weighted by Gasteiger charge is 2.47. The zero-order valence-electron chi connectivity index (χ0n) is 14.5. The predicted octanol–water partition coefficient (Wildman–Crippen LogP) is 4.02. The number of benzene rings is 2. The van der Waals surface area contributed by atoms with Crippen molar-refractivity contribution in [1.82, 2.24) is 14.8 Å². The van der Waals surface area contributed by atoms with Crippen LogP contribution in [0.15, 0.2) is 67.3 Å². The second-order valence-corrected chi connectivity index (χ2v) is 6.97. The highest BCUT2D eigenvalue weighted by atomic mass is 16.6. The van der Waals surface area contributed by atoms with Gasteiger partial charge in [0.1, 0.15) is 18.2 Å². The standard InChI is InChI=1S/C19H20N4O2/c1-18(2,3)19(22-14-20-13-21-22,15-7-5-4-6-8-15)16-9-11-17(12-10-16)23(24)25/h4-14H,1-3H3. The van der Waals surface area contributed by atoms with E-state index in [0.29, 0.717) is 0 Å². The second-order valence-electron chi connectivity index (χ2n) is 6.97. The lowest BCUT2D eigenvalue weighted by Gasteiger charge is -2.45. The van der Waals surface area contributed by atoms with E-state index in [4.69, 9.17) is 0 Å². The molecule has 2 aromatic carbocycles. The maximum absolute atomic E-state index is 11.0. The molecule has 1 atom stereocenters. The van der Waals surface area contributed by atoms with Crippen LogP contribution in [0, 0.1) is 15.5 Å². The maximum Gasteiger partial charge on any atom is 0.269 e. The van der Waals surface area contributed by atoms with Gasteiger partial charge in [0.15, 0.2) is 0 Å². The maximum atomic E-state index is 11.0. The third-order valence-electron chi connectivity index (χ3n) is 4.54. The molecule has 0 amide bonds. The molecule has 1 aromatic heterocycles. The van der Waals surface area contributed by atoms with Crippen LogP contribution in [-0.4, -0.2) is 19.7 Å². The van der Waals surface area contributed by atoms with Gasteiger partial charge < -0.3 is 0 Å². The smallest absolute Gasteiger partial charge is 0.258 e. The van der Waals surface area contributed by atoms with Gasteiger partial charge in [-0.1, -0.05) is 51.1 Å². The van der Waals surface area contributed by atoms with E-state index >= 15 is 0 Å². The fourth-order valence-electron chi connectivity index (χ4n) is 3.53. The number of hydrogen-bond donors (Lipinski definition) is 0. The summed E-state index contributed by atoms with van der Waals surface area (Å²) in [6, 6.07) is 16.7. The Labute approximate surface area is 146 Å². The molecule has 3 rings (SSSR count). The largest absolute Gasteiger partial charge is 0.269 e. The van der Waals surface area contributed by atoms with Crippen LogP contribution in [0.4, 0.5) is 5.69 Å². The first-order valence-corrected chi connectivity index (χ1v) is 8.03. The van der Waals surface area contributed by atoms with Crippen LogP contribution in [0.2, 0.25) is 0 Å². The monoisotopic (exact) mass is 336 g/mol. The Kier molecular flexibility index (Phi) is 4.12. The number of aromatic nitrogens is 3. The molecule has 1 heterocycles. The molecular formula is C19H20N4O2. The average Bonchev–Trinajstić information content (AvgIpc) is 3.10. The van der Waals surface area contributed by atoms with Crippen molar-refractivity contribution < 1.29 is 4.92 Å². The van der Waals surface area contributed by atoms with Crippen molar-refractivity contribution in [3.63, 3.8) is 0 Å². The van der Waals surface area contributed by atoms with E-state index < -0.39 is 5.54 Å². The van der Waals surface area contributed by atoms with Gasteiger partial charge in [-0.25, -0.2) is 9.67 Å². The molecule has 0 spiro atoms. The Hall–Kier alpha value is -3.02. The quantitative estimate of drug-likeness (QED) is 0.533. The Bertz CT molecular complexity index is 853. The minimum absolute atomic E-state index is 0.0678. The molecule has 0 saturated carbocycles. The molecule has 128 valence electrons. The molecule has 0 aliphatic carbocycles. The lowest BCUT2D eigenvalue weighted by molar-refractivity contribution is -0.384. The van der Waals surface area contributed by atoms with Crippen molar-refractivity contribution in [2.45, 2.75) is 26.3 Å². The zero-order valence-corrected chi connectivity index (χ0v) is 14.5. The number of hydrogen-bond acceptors (Lipinski definition) is 4. The van der Waals surface area contributed by atoms with Gasteiger partial charge in [0.05, 0.1) is 4.92 Å². The molecule has 0 aliphatic rings. The van der Waals surface area contributed by atoms with Gasteiger partial charge >= 0.3 is 0 Å². The molecule has 1 unspecified atom stereocenters. The van der Waals surface area contributed by atoms with Gasteiger partial charge in [0, 0.05) is 12.1 Å². The number of nitrogens with zero attached hydrogens (tertiary/aromatic N) is 4. The highest BCUT2D eigenvalue weighted by Crippen LogP contribution is 2.47. The summed E-state index contributed by atoms with van der Waals surface area (Å²) in [5, 5.41) is 15.5. The summed E-state index contributed by atoms with van der Waals surface area (Å²) in [6.45, 7) is 6.38. The van der Waals surface area contributed by atoms with Crippen LogP contribution < -0.4 is 0 Å². The summed E-state index contributed by atoms with van der Waals surface area (Å²) < 4.78 is 1.84. The minimum Gasteiger partial charge on any atom is -0.258 e. The third-order valence-corrected chi connectivity index (χ3v) is 4.54. The topological polar surface area (TPSA) is 73.8 Å². The minimum atomic E-state index is -0.653. The molecule has 0 fully saturated rings. The summed E-state index contributed by atoms with van der Waals surface area (Å²) in [7, 11) is 0. The summed E-state index contributed by atoms with van der Waals surface area (Å²) in [6.07, 6.45) is 3.20. The molecule has 3 aromatic rings. The molecule has 0 bridgehead atoms. The summed E-state index contributed by atoms with van der Waals surface area (Å²) in [5.74, 6) is 0. The average molecular weight is 336 g/mol. The summed E-state index contributed by atoms with van der Waals surface area (Å²) in [5.41, 5.74) is 1.10. The first kappa shape index (κ1) is 16.8. The Morgan fingerprint density at radius 3 is 2.04 bits per heavy atom. The highest BCUT2D eigenvalue weighted by molar-refractivity contribution is 5.45. The van der Waals surface area contributed by atoms with Crippen LogP contribution in [0.5, 0.6) is 0 Å². The first-order chi connectivity index (χ1) is 11.9. The van der Waals surface area contributed by atoms with Crippen molar-refractivity contribution >= 4 is 5.69 Å². The van der Waals surface area contributed by atoms with Crippen molar-refractivity contribution in [1.29, 1.82) is 0 Å². The van der Waals surface area contributed by atoms with Gasteiger partial charge in [0.2, 0.25) is 0 Å². The van der Waals surface area contributed by atoms with E-state index in [-0.39, 0.29) is 16.0 Å². The SMILES string of the molecule is CC(C)(C)C(c1ccccc1)(c1ccc([N+](=O)[O-])cc1)n1cncn1. The van der Waals surface area contributed by atoms with E-state index in [2.05, 4.69) is 30.9 Å². The Morgan fingerprint density at radius 1 is 0.960 bits per heavy atom. The fraction of sp³-hybridized carbons (Fsp3) is 0.263. The van der Waals surface area contributed by atoms with Crippen molar-refractivity contribution in [2.75, 3.05) is 0 Å².